The van der Waals surface area contributed by atoms with Crippen LogP contribution in [0.4, 0.5) is 5.69 Å². The average molecular weight is 218 g/mol. The predicted octanol–water partition coefficient (Wildman–Crippen LogP) is 1.79. The molecule has 3 heteroatoms. The molecule has 2 N–H and O–H groups in total. The minimum atomic E-state index is 0.190. The van der Waals surface area contributed by atoms with Crippen molar-refractivity contribution < 1.29 is 4.79 Å². The van der Waals surface area contributed by atoms with Crippen LogP contribution in [0.2, 0.25) is 0 Å². The lowest BCUT2D eigenvalue weighted by atomic mass is 9.86. The molecular weight excluding hydrogens is 200 g/mol. The molecule has 3 nitrogen and oxygen atoms in total. The number of aryl methyl sites for hydroxylation is 1. The van der Waals surface area contributed by atoms with Crippen LogP contribution in [0.1, 0.15) is 29.9 Å². The molecule has 2 rings (SSSR count). The highest BCUT2D eigenvalue weighted by atomic mass is 16.2. The monoisotopic (exact) mass is 218 g/mol. The lowest BCUT2D eigenvalue weighted by Crippen LogP contribution is -2.33. The molecule has 1 aromatic carbocycles. The van der Waals surface area contributed by atoms with E-state index in [1.54, 1.807) is 4.90 Å². The zero-order valence-electron chi connectivity index (χ0n) is 9.86. The fraction of sp³-hybridized carbons (Fsp3) is 0.462. The molecule has 1 amide bonds. The van der Waals surface area contributed by atoms with E-state index in [9.17, 15) is 4.79 Å². The Balaban J connectivity index is 2.45. The van der Waals surface area contributed by atoms with E-state index in [-0.39, 0.29) is 5.91 Å². The number of fused-ring (bicyclic) bond motifs is 1. The molecule has 0 radical (unpaired) electrons. The van der Waals surface area contributed by atoms with Crippen LogP contribution in [0.3, 0.4) is 0 Å². The summed E-state index contributed by atoms with van der Waals surface area (Å²) in [6.07, 6.45) is 1.47. The number of anilines is 1. The maximum absolute atomic E-state index is 11.8. The molecule has 0 saturated heterocycles. The van der Waals surface area contributed by atoms with E-state index < -0.39 is 0 Å². The number of amides is 1. The van der Waals surface area contributed by atoms with Gasteiger partial charge in [-0.05, 0) is 37.4 Å². The van der Waals surface area contributed by atoms with Gasteiger partial charge in [0.05, 0.1) is 0 Å². The minimum absolute atomic E-state index is 0.190. The predicted molar refractivity (Wildman–Crippen MR) is 65.6 cm³/mol. The summed E-state index contributed by atoms with van der Waals surface area (Å²) in [7, 11) is 1.84. The third-order valence-electron chi connectivity index (χ3n) is 3.29. The summed E-state index contributed by atoms with van der Waals surface area (Å²) < 4.78 is 0. The van der Waals surface area contributed by atoms with Crippen molar-refractivity contribution in [1.29, 1.82) is 0 Å². The van der Waals surface area contributed by atoms with Crippen LogP contribution >= 0.6 is 0 Å². The second-order valence-corrected chi connectivity index (χ2v) is 4.49. The molecule has 1 aromatic rings. The molecule has 0 bridgehead atoms. The summed E-state index contributed by atoms with van der Waals surface area (Å²) in [5.74, 6) is 0.485. The van der Waals surface area contributed by atoms with Crippen LogP contribution in [-0.2, 0) is 4.79 Å². The average Bonchev–Trinajstić information content (AvgIpc) is 2.26. The van der Waals surface area contributed by atoms with Crippen molar-refractivity contribution in [3.8, 4) is 0 Å². The highest BCUT2D eigenvalue weighted by Gasteiger charge is 2.28. The number of hydrogen-bond acceptors (Lipinski definition) is 2. The molecule has 16 heavy (non-hydrogen) atoms. The zero-order valence-corrected chi connectivity index (χ0v) is 9.86. The van der Waals surface area contributed by atoms with E-state index in [0.29, 0.717) is 18.9 Å². The zero-order chi connectivity index (χ0) is 11.7. The molecule has 1 aliphatic heterocycles. The first kappa shape index (κ1) is 11.1. The van der Waals surface area contributed by atoms with E-state index in [2.05, 4.69) is 13.0 Å². The highest BCUT2D eigenvalue weighted by Crippen LogP contribution is 2.37. The standard InChI is InChI=1S/C13H18N2O/c1-9-3-4-12-11(7-9)10(5-6-14)8-13(16)15(12)2/h3-4,7,10H,5-6,8,14H2,1-2H3. The van der Waals surface area contributed by atoms with Crippen LogP contribution < -0.4 is 10.6 Å². The molecular formula is C13H18N2O. The number of rotatable bonds is 2. The Morgan fingerprint density at radius 2 is 2.25 bits per heavy atom. The van der Waals surface area contributed by atoms with Gasteiger partial charge in [0, 0.05) is 19.2 Å². The third kappa shape index (κ3) is 1.83. The van der Waals surface area contributed by atoms with Crippen molar-refractivity contribution in [3.63, 3.8) is 0 Å². The molecule has 1 aliphatic rings. The summed E-state index contributed by atoms with van der Waals surface area (Å²) in [6, 6.07) is 6.26. The van der Waals surface area contributed by atoms with Crippen molar-refractivity contribution in [2.45, 2.75) is 25.7 Å². The van der Waals surface area contributed by atoms with Gasteiger partial charge in [0.2, 0.25) is 5.91 Å². The van der Waals surface area contributed by atoms with E-state index in [4.69, 9.17) is 5.73 Å². The normalized spacial score (nSPS) is 19.8. The number of nitrogens with two attached hydrogens (primary N) is 1. The Hall–Kier alpha value is -1.35. The van der Waals surface area contributed by atoms with E-state index >= 15 is 0 Å². The topological polar surface area (TPSA) is 46.3 Å². The maximum atomic E-state index is 11.8. The van der Waals surface area contributed by atoms with Gasteiger partial charge in [-0.1, -0.05) is 17.7 Å². The maximum Gasteiger partial charge on any atom is 0.227 e. The molecule has 86 valence electrons. The number of carbonyl (C=O) groups excluding carboxylic acids is 1. The molecule has 0 saturated carbocycles. The van der Waals surface area contributed by atoms with Gasteiger partial charge in [-0.3, -0.25) is 4.79 Å². The van der Waals surface area contributed by atoms with Crippen LogP contribution in [0, 0.1) is 6.92 Å². The summed E-state index contributed by atoms with van der Waals surface area (Å²) in [5, 5.41) is 0. The molecule has 1 unspecified atom stereocenters. The fourth-order valence-electron chi connectivity index (χ4n) is 2.36. The van der Waals surface area contributed by atoms with Gasteiger partial charge in [0.1, 0.15) is 0 Å². The lowest BCUT2D eigenvalue weighted by molar-refractivity contribution is -0.119. The van der Waals surface area contributed by atoms with Gasteiger partial charge in [-0.2, -0.15) is 0 Å². The van der Waals surface area contributed by atoms with Crippen molar-refractivity contribution in [1.82, 2.24) is 0 Å². The third-order valence-corrected chi connectivity index (χ3v) is 3.29. The number of benzene rings is 1. The summed E-state index contributed by atoms with van der Waals surface area (Å²) in [6.45, 7) is 2.71. The number of nitrogens with zero attached hydrogens (tertiary/aromatic N) is 1. The second kappa shape index (κ2) is 4.26. The molecule has 1 heterocycles. The minimum Gasteiger partial charge on any atom is -0.330 e. The summed E-state index contributed by atoms with van der Waals surface area (Å²) in [5.41, 5.74) is 9.16. The molecule has 0 aliphatic carbocycles. The van der Waals surface area contributed by atoms with Gasteiger partial charge >= 0.3 is 0 Å². The quantitative estimate of drug-likeness (QED) is 0.822. The second-order valence-electron chi connectivity index (χ2n) is 4.49. The summed E-state index contributed by atoms with van der Waals surface area (Å²) in [4.78, 5) is 13.6. The Morgan fingerprint density at radius 1 is 1.50 bits per heavy atom. The van der Waals surface area contributed by atoms with Crippen LogP contribution in [0.5, 0.6) is 0 Å². The van der Waals surface area contributed by atoms with E-state index in [1.165, 1.54) is 11.1 Å². The SMILES string of the molecule is Cc1ccc2c(c1)C(CCN)CC(=O)N2C. The summed E-state index contributed by atoms with van der Waals surface area (Å²) >= 11 is 0. The van der Waals surface area contributed by atoms with Crippen molar-refractivity contribution in [2.75, 3.05) is 18.5 Å². The van der Waals surface area contributed by atoms with Crippen molar-refractivity contribution >= 4 is 11.6 Å². The Labute approximate surface area is 96.2 Å². The van der Waals surface area contributed by atoms with Gasteiger partial charge < -0.3 is 10.6 Å². The smallest absolute Gasteiger partial charge is 0.227 e. The van der Waals surface area contributed by atoms with Gasteiger partial charge in [0.25, 0.3) is 0 Å². The van der Waals surface area contributed by atoms with E-state index in [0.717, 1.165) is 12.1 Å². The highest BCUT2D eigenvalue weighted by molar-refractivity contribution is 5.96. The first-order valence-electron chi connectivity index (χ1n) is 5.70. The molecule has 1 atom stereocenters. The van der Waals surface area contributed by atoms with E-state index in [1.807, 2.05) is 19.2 Å². The fourth-order valence-corrected chi connectivity index (χ4v) is 2.36. The Bertz CT molecular complexity index is 414. The Morgan fingerprint density at radius 3 is 2.94 bits per heavy atom. The molecule has 0 aromatic heterocycles. The van der Waals surface area contributed by atoms with Gasteiger partial charge in [0.15, 0.2) is 0 Å². The first-order chi connectivity index (χ1) is 7.63. The van der Waals surface area contributed by atoms with Crippen molar-refractivity contribution in [2.24, 2.45) is 5.73 Å². The molecule has 0 fully saturated rings. The van der Waals surface area contributed by atoms with Crippen LogP contribution in [-0.4, -0.2) is 19.5 Å². The van der Waals surface area contributed by atoms with Crippen molar-refractivity contribution in [3.05, 3.63) is 29.3 Å². The number of carbonyl (C=O) groups is 1. The Kier molecular flexibility index (Phi) is 2.97. The van der Waals surface area contributed by atoms with Crippen LogP contribution in [0.25, 0.3) is 0 Å². The molecule has 0 spiro atoms. The number of hydrogen-bond donors (Lipinski definition) is 1. The van der Waals surface area contributed by atoms with Gasteiger partial charge in [-0.15, -0.1) is 0 Å². The first-order valence-corrected chi connectivity index (χ1v) is 5.70. The van der Waals surface area contributed by atoms with Gasteiger partial charge in [-0.25, -0.2) is 0 Å². The van der Waals surface area contributed by atoms with Crippen LogP contribution in [0.15, 0.2) is 18.2 Å². The lowest BCUT2D eigenvalue weighted by Gasteiger charge is -2.31. The largest absolute Gasteiger partial charge is 0.330 e.